The molecule has 14 heteroatoms. The number of aliphatic hydroxyl groups is 1. The number of aliphatic hydroxyl groups excluding tert-OH is 1. The highest BCUT2D eigenvalue weighted by molar-refractivity contribution is 7.89. The van der Waals surface area contributed by atoms with Gasteiger partial charge < -0.3 is 24.8 Å². The topological polar surface area (TPSA) is 164 Å². The first-order valence-corrected chi connectivity index (χ1v) is 23.7. The third kappa shape index (κ3) is 11.4. The molecule has 2 aliphatic heterocycles. The first-order valence-electron chi connectivity index (χ1n) is 22.2. The molecule has 0 saturated carbocycles. The van der Waals surface area contributed by atoms with Gasteiger partial charge in [0.25, 0.3) is 5.69 Å². The molecule has 2 heterocycles. The number of hydrogen-bond acceptors (Lipinski definition) is 10. The molecule has 5 atom stereocenters. The van der Waals surface area contributed by atoms with Gasteiger partial charge in [0.1, 0.15) is 6.04 Å². The van der Waals surface area contributed by atoms with Gasteiger partial charge in [-0.05, 0) is 83.1 Å². The van der Waals surface area contributed by atoms with Gasteiger partial charge in [-0.3, -0.25) is 19.8 Å². The van der Waals surface area contributed by atoms with Gasteiger partial charge in [0.05, 0.1) is 28.6 Å². The zero-order chi connectivity index (χ0) is 46.2. The van der Waals surface area contributed by atoms with E-state index in [9.17, 15) is 28.4 Å². The Morgan fingerprint density at radius 3 is 2.12 bits per heavy atom. The molecule has 1 amide bonds. The van der Waals surface area contributed by atoms with Crippen molar-refractivity contribution in [2.45, 2.75) is 62.9 Å². The maximum absolute atomic E-state index is 13.8. The SMILES string of the molecule is Cc1ccc(S(=O)(=O)N[C@H](Cc2ccccc2)C(=O)NCc2cccc(-c3cccc([C@@H]4O[C@H](CN5CCN(c6ccc([N+](=O)[O-])cc6)CC5)[C@H](C)[C@H](c5ccc(CO)cc5)O4)c3)c2)cc1. The molecule has 2 fully saturated rings. The number of nitro groups is 1. The monoisotopic (exact) mass is 909 g/mol. The Labute approximate surface area is 386 Å². The van der Waals surface area contributed by atoms with Crippen molar-refractivity contribution in [2.24, 2.45) is 5.92 Å². The van der Waals surface area contributed by atoms with Gasteiger partial charge in [0.2, 0.25) is 15.9 Å². The Morgan fingerprint density at radius 1 is 0.773 bits per heavy atom. The fourth-order valence-electron chi connectivity index (χ4n) is 8.60. The normalized spacial score (nSPS) is 19.5. The van der Waals surface area contributed by atoms with Crippen LogP contribution in [0.1, 0.15) is 52.7 Å². The van der Waals surface area contributed by atoms with Crippen LogP contribution in [0, 0.1) is 23.0 Å². The number of nitrogens with one attached hydrogen (secondary N) is 2. The van der Waals surface area contributed by atoms with Crippen LogP contribution in [0.4, 0.5) is 11.4 Å². The van der Waals surface area contributed by atoms with Crippen molar-refractivity contribution >= 4 is 27.3 Å². The summed E-state index contributed by atoms with van der Waals surface area (Å²) in [7, 11) is -3.99. The number of aryl methyl sites for hydroxylation is 1. The molecular weight excluding hydrogens is 855 g/mol. The Kier molecular flexibility index (Phi) is 14.7. The van der Waals surface area contributed by atoms with Crippen LogP contribution in [-0.2, 0) is 43.9 Å². The summed E-state index contributed by atoms with van der Waals surface area (Å²) in [6, 6.07) is 45.3. The summed E-state index contributed by atoms with van der Waals surface area (Å²) in [5.41, 5.74) is 8.16. The van der Waals surface area contributed by atoms with E-state index >= 15 is 0 Å². The fraction of sp³-hybridized carbons (Fsp3) is 0.288. The van der Waals surface area contributed by atoms with Gasteiger partial charge in [-0.1, -0.05) is 116 Å². The number of benzene rings is 6. The van der Waals surface area contributed by atoms with Gasteiger partial charge in [-0.25, -0.2) is 8.42 Å². The second kappa shape index (κ2) is 20.9. The number of nitro benzene ring substituents is 1. The summed E-state index contributed by atoms with van der Waals surface area (Å²) in [5, 5.41) is 23.9. The lowest BCUT2D eigenvalue weighted by atomic mass is 9.89. The third-order valence-corrected chi connectivity index (χ3v) is 14.0. The average molecular weight is 910 g/mol. The van der Waals surface area contributed by atoms with Crippen LogP contribution < -0.4 is 14.9 Å². The Bertz CT molecular complexity index is 2700. The number of non-ortho nitro benzene ring substituents is 1. The molecule has 0 unspecified atom stereocenters. The van der Waals surface area contributed by atoms with E-state index in [1.54, 1.807) is 24.3 Å². The summed E-state index contributed by atoms with van der Waals surface area (Å²) in [4.78, 5) is 29.3. The zero-order valence-electron chi connectivity index (χ0n) is 37.0. The highest BCUT2D eigenvalue weighted by Gasteiger charge is 2.39. The van der Waals surface area contributed by atoms with E-state index in [0.29, 0.717) is 6.54 Å². The molecule has 0 aromatic heterocycles. The number of carbonyl (C=O) groups excluding carboxylic acids is 1. The average Bonchev–Trinajstić information content (AvgIpc) is 3.34. The smallest absolute Gasteiger partial charge is 0.269 e. The minimum Gasteiger partial charge on any atom is -0.392 e. The second-order valence-electron chi connectivity index (χ2n) is 17.1. The molecule has 0 radical (unpaired) electrons. The zero-order valence-corrected chi connectivity index (χ0v) is 37.8. The highest BCUT2D eigenvalue weighted by Crippen LogP contribution is 2.42. The van der Waals surface area contributed by atoms with Gasteiger partial charge in [-0.15, -0.1) is 0 Å². The van der Waals surface area contributed by atoms with E-state index in [0.717, 1.165) is 76.4 Å². The standard InChI is InChI=1S/C52H55N5O8S/c1-36-14-24-47(25-15-36)66(62,63)54-48(31-38-8-4-3-5-9-38)51(59)53-33-40-10-6-11-42(30-40)43-12-7-13-44(32-43)52-64-49(37(2)50(65-52)41-18-16-39(35-58)17-19-41)34-55-26-28-56(29-27-55)45-20-22-46(23-21-45)57(60)61/h3-25,30,32,37,48-50,52,54,58H,26-29,31,33-35H2,1-2H3,(H,53,59)/t37-,48+,49+,50+,52+/m0/s1. The number of nitrogens with zero attached hydrogens (tertiary/aromatic N) is 3. The van der Waals surface area contributed by atoms with Gasteiger partial charge in [0.15, 0.2) is 6.29 Å². The molecule has 3 N–H and O–H groups in total. The lowest BCUT2D eigenvalue weighted by Gasteiger charge is -2.44. The molecular formula is C52H55N5O8S. The highest BCUT2D eigenvalue weighted by atomic mass is 32.2. The molecule has 342 valence electrons. The molecule has 2 saturated heterocycles. The Morgan fingerprint density at radius 2 is 1.44 bits per heavy atom. The van der Waals surface area contributed by atoms with Crippen molar-refractivity contribution in [3.63, 3.8) is 0 Å². The van der Waals surface area contributed by atoms with Gasteiger partial charge >= 0.3 is 0 Å². The largest absolute Gasteiger partial charge is 0.392 e. The summed E-state index contributed by atoms with van der Waals surface area (Å²) < 4.78 is 43.2. The molecule has 6 aromatic rings. The van der Waals surface area contributed by atoms with Crippen molar-refractivity contribution in [2.75, 3.05) is 37.6 Å². The second-order valence-corrected chi connectivity index (χ2v) is 18.8. The van der Waals surface area contributed by atoms with E-state index < -0.39 is 28.3 Å². The van der Waals surface area contributed by atoms with Crippen molar-refractivity contribution in [1.82, 2.24) is 14.9 Å². The summed E-state index contributed by atoms with van der Waals surface area (Å²) in [5.74, 6) is -0.446. The molecule has 8 rings (SSSR count). The van der Waals surface area contributed by atoms with Crippen molar-refractivity contribution in [3.8, 4) is 11.1 Å². The van der Waals surface area contributed by atoms with Crippen molar-refractivity contribution in [3.05, 3.63) is 195 Å². The minimum atomic E-state index is -3.99. The minimum absolute atomic E-state index is 0.00536. The van der Waals surface area contributed by atoms with Crippen LogP contribution in [-0.4, -0.2) is 74.1 Å². The maximum atomic E-state index is 13.8. The van der Waals surface area contributed by atoms with Crippen molar-refractivity contribution in [1.29, 1.82) is 0 Å². The van der Waals surface area contributed by atoms with E-state index in [1.165, 1.54) is 12.1 Å². The first kappa shape index (κ1) is 46.3. The number of hydrogen-bond donors (Lipinski definition) is 3. The summed E-state index contributed by atoms with van der Waals surface area (Å²) in [6.07, 6.45) is -0.973. The van der Waals surface area contributed by atoms with Crippen LogP contribution >= 0.6 is 0 Å². The molecule has 13 nitrogen and oxygen atoms in total. The Balaban J connectivity index is 0.968. The quantitative estimate of drug-likeness (QED) is 0.0643. The molecule has 2 aliphatic rings. The van der Waals surface area contributed by atoms with Crippen LogP contribution in [0.3, 0.4) is 0 Å². The summed E-state index contributed by atoms with van der Waals surface area (Å²) in [6.45, 7) is 8.00. The van der Waals surface area contributed by atoms with Gasteiger partial charge in [0, 0.05) is 68.6 Å². The number of ether oxygens (including phenoxy) is 2. The lowest BCUT2D eigenvalue weighted by Crippen LogP contribution is -2.51. The predicted molar refractivity (Wildman–Crippen MR) is 254 cm³/mol. The lowest BCUT2D eigenvalue weighted by molar-refractivity contribution is -0.384. The van der Waals surface area contributed by atoms with Crippen LogP contribution in [0.2, 0.25) is 0 Å². The van der Waals surface area contributed by atoms with Gasteiger partial charge in [-0.2, -0.15) is 4.72 Å². The van der Waals surface area contributed by atoms with E-state index in [2.05, 4.69) is 32.8 Å². The van der Waals surface area contributed by atoms with Crippen molar-refractivity contribution < 1.29 is 32.7 Å². The number of rotatable bonds is 16. The maximum Gasteiger partial charge on any atom is 0.269 e. The molecule has 66 heavy (non-hydrogen) atoms. The summed E-state index contributed by atoms with van der Waals surface area (Å²) >= 11 is 0. The van der Waals surface area contributed by atoms with E-state index in [4.69, 9.17) is 9.47 Å². The van der Waals surface area contributed by atoms with Crippen LogP contribution in [0.5, 0.6) is 0 Å². The third-order valence-electron chi connectivity index (χ3n) is 12.5. The number of carbonyl (C=O) groups is 1. The Hall–Kier alpha value is -6.26. The number of piperazine rings is 1. The molecule has 0 aliphatic carbocycles. The molecule has 6 aromatic carbocycles. The fourth-order valence-corrected chi connectivity index (χ4v) is 9.80. The number of amides is 1. The van der Waals surface area contributed by atoms with E-state index in [-0.39, 0.29) is 53.2 Å². The first-order chi connectivity index (χ1) is 31.9. The molecule has 0 bridgehead atoms. The van der Waals surface area contributed by atoms with E-state index in [1.807, 2.05) is 116 Å². The van der Waals surface area contributed by atoms with Crippen LogP contribution in [0.15, 0.2) is 157 Å². The molecule has 0 spiro atoms. The predicted octanol–water partition coefficient (Wildman–Crippen LogP) is 7.88. The van der Waals surface area contributed by atoms with Crippen LogP contribution in [0.25, 0.3) is 11.1 Å². The number of anilines is 1. The number of sulfonamides is 1.